The van der Waals surface area contributed by atoms with E-state index in [4.69, 9.17) is 0 Å². The summed E-state index contributed by atoms with van der Waals surface area (Å²) >= 11 is 0. The van der Waals surface area contributed by atoms with Crippen molar-refractivity contribution in [3.63, 3.8) is 0 Å². The zero-order chi connectivity index (χ0) is 15.9. The number of pyridine rings is 1. The SMILES string of the molecule is CCN(c1ccccc1)c1ccc(NC(=O)NC(C)C)cn1. The maximum atomic E-state index is 11.7. The minimum Gasteiger partial charge on any atom is -0.336 e. The highest BCUT2D eigenvalue weighted by Gasteiger charge is 2.09. The number of aromatic nitrogens is 1. The zero-order valence-corrected chi connectivity index (χ0v) is 13.2. The fourth-order valence-corrected chi connectivity index (χ4v) is 2.13. The third-order valence-electron chi connectivity index (χ3n) is 3.09. The molecule has 116 valence electrons. The predicted octanol–water partition coefficient (Wildman–Crippen LogP) is 3.77. The number of carbonyl (C=O) groups excluding carboxylic acids is 1. The molecule has 0 unspecified atom stereocenters. The lowest BCUT2D eigenvalue weighted by Crippen LogP contribution is -2.34. The molecule has 0 spiro atoms. The monoisotopic (exact) mass is 298 g/mol. The van der Waals surface area contributed by atoms with Crippen LogP contribution in [-0.2, 0) is 0 Å². The van der Waals surface area contributed by atoms with Crippen molar-refractivity contribution >= 4 is 23.2 Å². The van der Waals surface area contributed by atoms with Crippen LogP contribution >= 0.6 is 0 Å². The Balaban J connectivity index is 2.09. The Hall–Kier alpha value is -2.56. The quantitative estimate of drug-likeness (QED) is 0.883. The van der Waals surface area contributed by atoms with Crippen molar-refractivity contribution in [1.29, 1.82) is 0 Å². The summed E-state index contributed by atoms with van der Waals surface area (Å²) in [7, 11) is 0. The molecule has 0 aliphatic rings. The van der Waals surface area contributed by atoms with E-state index in [9.17, 15) is 4.79 Å². The maximum absolute atomic E-state index is 11.7. The van der Waals surface area contributed by atoms with Crippen molar-refractivity contribution in [3.05, 3.63) is 48.7 Å². The van der Waals surface area contributed by atoms with E-state index < -0.39 is 0 Å². The molecule has 1 aromatic heterocycles. The summed E-state index contributed by atoms with van der Waals surface area (Å²) in [4.78, 5) is 18.2. The molecule has 0 radical (unpaired) electrons. The van der Waals surface area contributed by atoms with Gasteiger partial charge in [0.15, 0.2) is 0 Å². The summed E-state index contributed by atoms with van der Waals surface area (Å²) in [6, 6.07) is 13.7. The number of benzene rings is 1. The van der Waals surface area contributed by atoms with Crippen LogP contribution in [0.15, 0.2) is 48.7 Å². The van der Waals surface area contributed by atoms with E-state index in [1.807, 2.05) is 56.3 Å². The van der Waals surface area contributed by atoms with Crippen molar-refractivity contribution in [2.45, 2.75) is 26.8 Å². The van der Waals surface area contributed by atoms with Gasteiger partial charge >= 0.3 is 6.03 Å². The van der Waals surface area contributed by atoms with E-state index in [2.05, 4.69) is 27.4 Å². The molecule has 5 nitrogen and oxygen atoms in total. The van der Waals surface area contributed by atoms with Gasteiger partial charge in [-0.25, -0.2) is 9.78 Å². The third-order valence-corrected chi connectivity index (χ3v) is 3.09. The van der Waals surface area contributed by atoms with Crippen LogP contribution < -0.4 is 15.5 Å². The number of carbonyl (C=O) groups is 1. The van der Waals surface area contributed by atoms with Gasteiger partial charge in [-0.05, 0) is 45.0 Å². The molecule has 22 heavy (non-hydrogen) atoms. The summed E-state index contributed by atoms with van der Waals surface area (Å²) < 4.78 is 0. The number of urea groups is 1. The van der Waals surface area contributed by atoms with E-state index >= 15 is 0 Å². The summed E-state index contributed by atoms with van der Waals surface area (Å²) in [5.41, 5.74) is 1.77. The van der Waals surface area contributed by atoms with Gasteiger partial charge in [-0.3, -0.25) is 0 Å². The second-order valence-corrected chi connectivity index (χ2v) is 5.24. The number of nitrogens with one attached hydrogen (secondary N) is 2. The molecule has 1 heterocycles. The summed E-state index contributed by atoms with van der Waals surface area (Å²) in [5, 5.41) is 5.54. The van der Waals surface area contributed by atoms with Gasteiger partial charge in [0.05, 0.1) is 11.9 Å². The number of rotatable bonds is 5. The molecule has 0 saturated heterocycles. The van der Waals surface area contributed by atoms with Crippen molar-refractivity contribution in [2.75, 3.05) is 16.8 Å². The highest BCUT2D eigenvalue weighted by molar-refractivity contribution is 5.89. The van der Waals surface area contributed by atoms with Crippen LogP contribution in [0.5, 0.6) is 0 Å². The molecule has 0 fully saturated rings. The lowest BCUT2D eigenvalue weighted by atomic mass is 10.2. The summed E-state index contributed by atoms with van der Waals surface area (Å²) in [6.45, 7) is 6.73. The number of para-hydroxylation sites is 1. The molecule has 5 heteroatoms. The Labute approximate surface area is 131 Å². The summed E-state index contributed by atoms with van der Waals surface area (Å²) in [5.74, 6) is 0.850. The van der Waals surface area contributed by atoms with Gasteiger partial charge in [-0.2, -0.15) is 0 Å². The molecular formula is C17H22N4O. The second kappa shape index (κ2) is 7.45. The Morgan fingerprint density at radius 3 is 2.45 bits per heavy atom. The van der Waals surface area contributed by atoms with E-state index in [1.165, 1.54) is 0 Å². The molecule has 2 rings (SSSR count). The first-order chi connectivity index (χ1) is 10.6. The van der Waals surface area contributed by atoms with Gasteiger partial charge in [0.2, 0.25) is 0 Å². The smallest absolute Gasteiger partial charge is 0.319 e. The first kappa shape index (κ1) is 15.8. The number of hydrogen-bond acceptors (Lipinski definition) is 3. The molecule has 0 atom stereocenters. The van der Waals surface area contributed by atoms with Crippen LogP contribution in [0.4, 0.5) is 22.0 Å². The molecule has 0 bridgehead atoms. The Morgan fingerprint density at radius 2 is 1.91 bits per heavy atom. The lowest BCUT2D eigenvalue weighted by Gasteiger charge is -2.22. The van der Waals surface area contributed by atoms with Crippen LogP contribution in [0.1, 0.15) is 20.8 Å². The lowest BCUT2D eigenvalue weighted by molar-refractivity contribution is 0.250. The molecule has 2 amide bonds. The van der Waals surface area contributed by atoms with Gasteiger partial charge in [0.1, 0.15) is 5.82 Å². The molecular weight excluding hydrogens is 276 g/mol. The topological polar surface area (TPSA) is 57.3 Å². The fraction of sp³-hybridized carbons (Fsp3) is 0.294. The first-order valence-corrected chi connectivity index (χ1v) is 7.46. The van der Waals surface area contributed by atoms with Crippen LogP contribution in [0, 0.1) is 0 Å². The molecule has 0 aliphatic heterocycles. The van der Waals surface area contributed by atoms with Gasteiger partial charge in [0, 0.05) is 18.3 Å². The largest absolute Gasteiger partial charge is 0.336 e. The third kappa shape index (κ3) is 4.22. The number of nitrogens with zero attached hydrogens (tertiary/aromatic N) is 2. The second-order valence-electron chi connectivity index (χ2n) is 5.24. The van der Waals surface area contributed by atoms with Gasteiger partial charge in [-0.1, -0.05) is 18.2 Å². The summed E-state index contributed by atoms with van der Waals surface area (Å²) in [6.07, 6.45) is 1.67. The number of hydrogen-bond donors (Lipinski definition) is 2. The van der Waals surface area contributed by atoms with Crippen LogP contribution in [0.2, 0.25) is 0 Å². The maximum Gasteiger partial charge on any atom is 0.319 e. The molecule has 2 N–H and O–H groups in total. The normalized spacial score (nSPS) is 10.4. The van der Waals surface area contributed by atoms with E-state index in [0.717, 1.165) is 18.1 Å². The van der Waals surface area contributed by atoms with E-state index in [0.29, 0.717) is 5.69 Å². The van der Waals surface area contributed by atoms with Crippen LogP contribution in [-0.4, -0.2) is 23.6 Å². The highest BCUT2D eigenvalue weighted by atomic mass is 16.2. The Bertz CT molecular complexity index is 596. The van der Waals surface area contributed by atoms with Crippen molar-refractivity contribution < 1.29 is 4.79 Å². The van der Waals surface area contributed by atoms with Crippen molar-refractivity contribution in [1.82, 2.24) is 10.3 Å². The molecule has 2 aromatic rings. The average molecular weight is 298 g/mol. The standard InChI is InChI=1S/C17H22N4O/c1-4-21(15-8-6-5-7-9-15)16-11-10-14(12-18-16)20-17(22)19-13(2)3/h5-13H,4H2,1-3H3,(H2,19,20,22). The Morgan fingerprint density at radius 1 is 1.18 bits per heavy atom. The highest BCUT2D eigenvalue weighted by Crippen LogP contribution is 2.23. The zero-order valence-electron chi connectivity index (χ0n) is 13.2. The van der Waals surface area contributed by atoms with Gasteiger partial charge < -0.3 is 15.5 Å². The molecule has 0 saturated carbocycles. The number of amides is 2. The van der Waals surface area contributed by atoms with Crippen LogP contribution in [0.25, 0.3) is 0 Å². The van der Waals surface area contributed by atoms with Crippen molar-refractivity contribution in [2.24, 2.45) is 0 Å². The molecule has 1 aromatic carbocycles. The fourth-order valence-electron chi connectivity index (χ4n) is 2.13. The Kier molecular flexibility index (Phi) is 5.36. The first-order valence-electron chi connectivity index (χ1n) is 7.46. The van der Waals surface area contributed by atoms with Gasteiger partial charge in [0.25, 0.3) is 0 Å². The number of anilines is 3. The molecule has 0 aliphatic carbocycles. The van der Waals surface area contributed by atoms with E-state index in [-0.39, 0.29) is 12.1 Å². The minimum absolute atomic E-state index is 0.0981. The van der Waals surface area contributed by atoms with Crippen LogP contribution in [0.3, 0.4) is 0 Å². The van der Waals surface area contributed by atoms with E-state index in [1.54, 1.807) is 6.20 Å². The average Bonchev–Trinajstić information content (AvgIpc) is 2.50. The predicted molar refractivity (Wildman–Crippen MR) is 90.6 cm³/mol. The van der Waals surface area contributed by atoms with Gasteiger partial charge in [-0.15, -0.1) is 0 Å². The minimum atomic E-state index is -0.222. The van der Waals surface area contributed by atoms with Crippen molar-refractivity contribution in [3.8, 4) is 0 Å².